The molecule has 6 nitrogen and oxygen atoms in total. The number of piperazine rings is 1. The molecule has 0 N–H and O–H groups in total. The summed E-state index contributed by atoms with van der Waals surface area (Å²) in [6.07, 6.45) is 1.97. The molecule has 4 rings (SSSR count). The lowest BCUT2D eigenvalue weighted by molar-refractivity contribution is 0.249. The maximum atomic E-state index is 5.52. The van der Waals surface area contributed by atoms with E-state index in [0.29, 0.717) is 0 Å². The molecule has 0 saturated carbocycles. The van der Waals surface area contributed by atoms with Gasteiger partial charge in [-0.05, 0) is 32.4 Å². The van der Waals surface area contributed by atoms with Crippen LogP contribution in [0.1, 0.15) is 22.5 Å². The van der Waals surface area contributed by atoms with Crippen molar-refractivity contribution in [3.05, 3.63) is 46.9 Å². The number of aromatic nitrogens is 3. The average molecular weight is 380 g/mol. The maximum Gasteiger partial charge on any atom is 0.145 e. The standard InChI is InChI=1S/C22H29N5O/c1-15-13-23-21-18(7-6-8-20(21)28-5)22(15)27-11-9-26(10-12-27)14-19-16(2)24-25(4)17(19)3/h6-8,13H,9-12,14H2,1-5H3. The second kappa shape index (κ2) is 7.43. The first kappa shape index (κ1) is 18.7. The molecule has 0 bridgehead atoms. The van der Waals surface area contributed by atoms with Crippen LogP contribution in [0.3, 0.4) is 0 Å². The van der Waals surface area contributed by atoms with Crippen LogP contribution in [0.15, 0.2) is 24.4 Å². The van der Waals surface area contributed by atoms with Crippen LogP contribution in [0, 0.1) is 20.8 Å². The van der Waals surface area contributed by atoms with Crippen molar-refractivity contribution in [1.29, 1.82) is 0 Å². The summed E-state index contributed by atoms with van der Waals surface area (Å²) < 4.78 is 7.51. The van der Waals surface area contributed by atoms with E-state index >= 15 is 0 Å². The largest absolute Gasteiger partial charge is 0.494 e. The molecule has 0 aliphatic carbocycles. The van der Waals surface area contributed by atoms with E-state index in [1.165, 1.54) is 27.9 Å². The van der Waals surface area contributed by atoms with Crippen molar-refractivity contribution in [3.8, 4) is 5.75 Å². The minimum Gasteiger partial charge on any atom is -0.494 e. The molecule has 28 heavy (non-hydrogen) atoms. The number of para-hydroxylation sites is 1. The van der Waals surface area contributed by atoms with E-state index in [-0.39, 0.29) is 0 Å². The van der Waals surface area contributed by atoms with Gasteiger partial charge in [-0.3, -0.25) is 14.6 Å². The van der Waals surface area contributed by atoms with Gasteiger partial charge in [0.1, 0.15) is 11.3 Å². The molecule has 148 valence electrons. The van der Waals surface area contributed by atoms with Crippen molar-refractivity contribution in [2.45, 2.75) is 27.3 Å². The predicted octanol–water partition coefficient (Wildman–Crippen LogP) is 3.22. The molecule has 1 aromatic carbocycles. The van der Waals surface area contributed by atoms with Gasteiger partial charge >= 0.3 is 0 Å². The van der Waals surface area contributed by atoms with Crippen molar-refractivity contribution in [2.24, 2.45) is 7.05 Å². The molecular formula is C22H29N5O. The van der Waals surface area contributed by atoms with Crippen LogP contribution in [-0.4, -0.2) is 53.0 Å². The summed E-state index contributed by atoms with van der Waals surface area (Å²) in [6.45, 7) is 11.5. The molecule has 6 heteroatoms. The van der Waals surface area contributed by atoms with Gasteiger partial charge in [0.2, 0.25) is 0 Å². The number of pyridine rings is 1. The highest BCUT2D eigenvalue weighted by Gasteiger charge is 2.23. The Kier molecular flexibility index (Phi) is 4.98. The second-order valence-corrected chi connectivity index (χ2v) is 7.68. The first-order chi connectivity index (χ1) is 13.5. The summed E-state index contributed by atoms with van der Waals surface area (Å²) >= 11 is 0. The summed E-state index contributed by atoms with van der Waals surface area (Å²) in [7, 11) is 3.73. The third kappa shape index (κ3) is 3.22. The molecule has 1 aliphatic heterocycles. The number of methoxy groups -OCH3 is 1. The molecule has 0 unspecified atom stereocenters. The summed E-state index contributed by atoms with van der Waals surface area (Å²) in [6, 6.07) is 6.18. The number of rotatable bonds is 4. The van der Waals surface area contributed by atoms with Crippen molar-refractivity contribution in [3.63, 3.8) is 0 Å². The van der Waals surface area contributed by atoms with Gasteiger partial charge in [0.15, 0.2) is 0 Å². The highest BCUT2D eigenvalue weighted by atomic mass is 16.5. The molecule has 0 radical (unpaired) electrons. The Balaban J connectivity index is 1.55. The number of nitrogens with zero attached hydrogens (tertiary/aromatic N) is 5. The van der Waals surface area contributed by atoms with E-state index in [1.807, 2.05) is 24.0 Å². The third-order valence-electron chi connectivity index (χ3n) is 5.96. The van der Waals surface area contributed by atoms with Crippen LogP contribution in [0.25, 0.3) is 10.9 Å². The number of ether oxygens (including phenoxy) is 1. The number of benzene rings is 1. The number of hydrogen-bond donors (Lipinski definition) is 0. The lowest BCUT2D eigenvalue weighted by Gasteiger charge is -2.37. The zero-order valence-electron chi connectivity index (χ0n) is 17.5. The normalized spacial score (nSPS) is 15.4. The number of hydrogen-bond acceptors (Lipinski definition) is 5. The third-order valence-corrected chi connectivity index (χ3v) is 5.96. The van der Waals surface area contributed by atoms with Gasteiger partial charge in [0.05, 0.1) is 18.5 Å². The summed E-state index contributed by atoms with van der Waals surface area (Å²) in [5.74, 6) is 0.833. The van der Waals surface area contributed by atoms with Crippen LogP contribution < -0.4 is 9.64 Å². The van der Waals surface area contributed by atoms with E-state index in [4.69, 9.17) is 4.74 Å². The maximum absolute atomic E-state index is 5.52. The van der Waals surface area contributed by atoms with Gasteiger partial charge in [-0.15, -0.1) is 0 Å². The highest BCUT2D eigenvalue weighted by molar-refractivity contribution is 5.96. The Morgan fingerprint density at radius 3 is 2.46 bits per heavy atom. The molecular weight excluding hydrogens is 350 g/mol. The van der Waals surface area contributed by atoms with Gasteiger partial charge in [-0.25, -0.2) is 0 Å². The molecule has 1 saturated heterocycles. The molecule has 3 aromatic rings. The Bertz CT molecular complexity index is 1000. The van der Waals surface area contributed by atoms with E-state index in [9.17, 15) is 0 Å². The van der Waals surface area contributed by atoms with E-state index in [1.54, 1.807) is 7.11 Å². The van der Waals surface area contributed by atoms with Gasteiger partial charge in [0, 0.05) is 62.6 Å². The molecule has 0 atom stereocenters. The zero-order chi connectivity index (χ0) is 19.8. The topological polar surface area (TPSA) is 46.4 Å². The van der Waals surface area contributed by atoms with Crippen molar-refractivity contribution < 1.29 is 4.74 Å². The van der Waals surface area contributed by atoms with Gasteiger partial charge < -0.3 is 9.64 Å². The van der Waals surface area contributed by atoms with Gasteiger partial charge in [0.25, 0.3) is 0 Å². The van der Waals surface area contributed by atoms with Crippen molar-refractivity contribution in [2.75, 3.05) is 38.2 Å². The fraction of sp³-hybridized carbons (Fsp3) is 0.455. The quantitative estimate of drug-likeness (QED) is 0.697. The Morgan fingerprint density at radius 1 is 1.07 bits per heavy atom. The Morgan fingerprint density at radius 2 is 1.82 bits per heavy atom. The number of fused-ring (bicyclic) bond motifs is 1. The smallest absolute Gasteiger partial charge is 0.145 e. The summed E-state index contributed by atoms with van der Waals surface area (Å²) in [5, 5.41) is 5.73. The van der Waals surface area contributed by atoms with Gasteiger partial charge in [-0.2, -0.15) is 5.10 Å². The first-order valence-electron chi connectivity index (χ1n) is 9.88. The molecule has 0 spiro atoms. The van der Waals surface area contributed by atoms with Crippen LogP contribution in [0.4, 0.5) is 5.69 Å². The summed E-state index contributed by atoms with van der Waals surface area (Å²) in [5.41, 5.74) is 7.22. The van der Waals surface area contributed by atoms with Crippen LogP contribution in [-0.2, 0) is 13.6 Å². The SMILES string of the molecule is COc1cccc2c(N3CCN(Cc4c(C)nn(C)c4C)CC3)c(C)cnc12. The van der Waals surface area contributed by atoms with E-state index in [2.05, 4.69) is 52.8 Å². The van der Waals surface area contributed by atoms with E-state index < -0.39 is 0 Å². The van der Waals surface area contributed by atoms with Crippen molar-refractivity contribution in [1.82, 2.24) is 19.7 Å². The van der Waals surface area contributed by atoms with Gasteiger partial charge in [-0.1, -0.05) is 12.1 Å². The molecule has 1 aliphatic rings. The molecule has 3 heterocycles. The number of anilines is 1. The minimum atomic E-state index is 0.833. The minimum absolute atomic E-state index is 0.833. The molecule has 1 fully saturated rings. The highest BCUT2D eigenvalue weighted by Crippen LogP contribution is 2.34. The molecule has 2 aromatic heterocycles. The Hall–Kier alpha value is -2.60. The second-order valence-electron chi connectivity index (χ2n) is 7.68. The van der Waals surface area contributed by atoms with Crippen molar-refractivity contribution >= 4 is 16.6 Å². The summed E-state index contributed by atoms with van der Waals surface area (Å²) in [4.78, 5) is 9.66. The fourth-order valence-electron chi connectivity index (χ4n) is 4.27. The zero-order valence-corrected chi connectivity index (χ0v) is 17.5. The lowest BCUT2D eigenvalue weighted by Crippen LogP contribution is -2.46. The monoisotopic (exact) mass is 379 g/mol. The van der Waals surface area contributed by atoms with Crippen LogP contribution >= 0.6 is 0 Å². The fourth-order valence-corrected chi connectivity index (χ4v) is 4.27. The predicted molar refractivity (Wildman–Crippen MR) is 113 cm³/mol. The average Bonchev–Trinajstić information content (AvgIpc) is 2.94. The van der Waals surface area contributed by atoms with Crippen LogP contribution in [0.5, 0.6) is 5.75 Å². The molecule has 0 amide bonds. The number of aryl methyl sites for hydroxylation is 3. The lowest BCUT2D eigenvalue weighted by atomic mass is 10.1. The Labute approximate surface area is 166 Å². The first-order valence-corrected chi connectivity index (χ1v) is 9.88. The van der Waals surface area contributed by atoms with E-state index in [0.717, 1.165) is 49.7 Å². The van der Waals surface area contributed by atoms with Crippen LogP contribution in [0.2, 0.25) is 0 Å².